The van der Waals surface area contributed by atoms with Gasteiger partial charge in [0.1, 0.15) is 5.82 Å². The number of nitrogens with one attached hydrogen (secondary N) is 2. The van der Waals surface area contributed by atoms with Crippen molar-refractivity contribution in [3.63, 3.8) is 0 Å². The molecule has 0 aliphatic carbocycles. The first-order chi connectivity index (χ1) is 12.1. The Morgan fingerprint density at radius 1 is 1.04 bits per heavy atom. The average molecular weight is 351 g/mol. The van der Waals surface area contributed by atoms with Crippen molar-refractivity contribution in [1.29, 1.82) is 0 Å². The van der Waals surface area contributed by atoms with E-state index in [4.69, 9.17) is 17.3 Å². The number of aromatic amines is 1. The number of nitrogens with two attached hydrogens (primary N) is 1. The normalized spacial score (nSPS) is 15.9. The van der Waals surface area contributed by atoms with Gasteiger partial charge >= 0.3 is 0 Å². The van der Waals surface area contributed by atoms with E-state index in [1.807, 2.05) is 60.7 Å². The quantitative estimate of drug-likeness (QED) is 0.659. The minimum atomic E-state index is -0.241. The number of nitrogen functional groups attached to an aromatic ring is 1. The van der Waals surface area contributed by atoms with Gasteiger partial charge in [-0.25, -0.2) is 0 Å². The Morgan fingerprint density at radius 3 is 2.48 bits per heavy atom. The van der Waals surface area contributed by atoms with E-state index in [1.54, 1.807) is 0 Å². The molecule has 0 fully saturated rings. The van der Waals surface area contributed by atoms with Crippen LogP contribution in [-0.2, 0) is 0 Å². The molecule has 6 heteroatoms. The molecular weight excluding hydrogens is 336 g/mol. The maximum atomic E-state index is 12.5. The van der Waals surface area contributed by atoms with Gasteiger partial charge in [-0.2, -0.15) is 4.98 Å². The van der Waals surface area contributed by atoms with Crippen molar-refractivity contribution >= 4 is 29.1 Å². The standard InChI is InChI=1S/C19H15ClN4O/c20-13-8-6-12(7-9-13)15-10-14(11-4-2-1-3-5-11)16-17(22-15)23-19(21)24-18(16)25/h1-10,14H,(H4,21,22,23,24,25). The predicted molar refractivity (Wildman–Crippen MR) is 101 cm³/mol. The monoisotopic (exact) mass is 350 g/mol. The third-order valence-corrected chi connectivity index (χ3v) is 4.44. The molecule has 0 radical (unpaired) electrons. The zero-order chi connectivity index (χ0) is 17.4. The zero-order valence-electron chi connectivity index (χ0n) is 13.2. The molecule has 4 rings (SSSR count). The van der Waals surface area contributed by atoms with Crippen molar-refractivity contribution < 1.29 is 0 Å². The van der Waals surface area contributed by atoms with Crippen LogP contribution in [0.2, 0.25) is 5.02 Å². The third-order valence-electron chi connectivity index (χ3n) is 4.18. The molecule has 25 heavy (non-hydrogen) atoms. The third kappa shape index (κ3) is 2.90. The summed E-state index contributed by atoms with van der Waals surface area (Å²) in [6.07, 6.45) is 2.02. The van der Waals surface area contributed by atoms with Crippen LogP contribution in [0.15, 0.2) is 65.5 Å². The van der Waals surface area contributed by atoms with E-state index in [0.717, 1.165) is 16.8 Å². The van der Waals surface area contributed by atoms with E-state index in [2.05, 4.69) is 15.3 Å². The summed E-state index contributed by atoms with van der Waals surface area (Å²) in [6.45, 7) is 0. The van der Waals surface area contributed by atoms with Crippen molar-refractivity contribution in [2.24, 2.45) is 0 Å². The van der Waals surface area contributed by atoms with Crippen LogP contribution in [0.25, 0.3) is 5.70 Å². The number of aromatic nitrogens is 2. The van der Waals surface area contributed by atoms with E-state index < -0.39 is 0 Å². The smallest absolute Gasteiger partial charge is 0.258 e. The number of benzene rings is 2. The van der Waals surface area contributed by atoms with Gasteiger partial charge in [-0.3, -0.25) is 9.78 Å². The second-order valence-corrected chi connectivity index (χ2v) is 6.25. The minimum absolute atomic E-state index is 0.0837. The second kappa shape index (κ2) is 6.11. The summed E-state index contributed by atoms with van der Waals surface area (Å²) in [4.78, 5) is 19.4. The van der Waals surface area contributed by atoms with Crippen LogP contribution in [0.1, 0.15) is 22.6 Å². The minimum Gasteiger partial charge on any atom is -0.369 e. The molecule has 5 nitrogen and oxygen atoms in total. The number of nitrogens with zero attached hydrogens (tertiary/aromatic N) is 1. The molecule has 0 spiro atoms. The Hall–Kier alpha value is -3.05. The van der Waals surface area contributed by atoms with Crippen molar-refractivity contribution in [2.75, 3.05) is 11.1 Å². The Kier molecular flexibility index (Phi) is 3.78. The molecule has 1 atom stereocenters. The van der Waals surface area contributed by atoms with Crippen LogP contribution >= 0.6 is 11.6 Å². The van der Waals surface area contributed by atoms with Crippen LogP contribution in [0.5, 0.6) is 0 Å². The lowest BCUT2D eigenvalue weighted by atomic mass is 9.88. The molecule has 4 N–H and O–H groups in total. The summed E-state index contributed by atoms with van der Waals surface area (Å²) in [5.74, 6) is 0.336. The number of hydrogen-bond donors (Lipinski definition) is 3. The first-order valence-corrected chi connectivity index (χ1v) is 8.19. The van der Waals surface area contributed by atoms with Gasteiger partial charge < -0.3 is 11.1 Å². The van der Waals surface area contributed by atoms with Crippen molar-refractivity contribution in [1.82, 2.24) is 9.97 Å². The highest BCUT2D eigenvalue weighted by Gasteiger charge is 2.26. The van der Waals surface area contributed by atoms with Crippen molar-refractivity contribution in [3.05, 3.63) is 92.7 Å². The molecule has 3 aromatic rings. The van der Waals surface area contributed by atoms with Crippen molar-refractivity contribution in [3.8, 4) is 0 Å². The van der Waals surface area contributed by atoms with Crippen LogP contribution in [0.4, 0.5) is 11.8 Å². The zero-order valence-corrected chi connectivity index (χ0v) is 13.9. The molecule has 1 aliphatic rings. The number of fused-ring (bicyclic) bond motifs is 1. The summed E-state index contributed by atoms with van der Waals surface area (Å²) in [5.41, 5.74) is 8.86. The largest absolute Gasteiger partial charge is 0.369 e. The number of halogens is 1. The molecule has 0 bridgehead atoms. The fourth-order valence-corrected chi connectivity index (χ4v) is 3.15. The first kappa shape index (κ1) is 15.5. The lowest BCUT2D eigenvalue weighted by Gasteiger charge is -2.25. The van der Waals surface area contributed by atoms with Gasteiger partial charge in [0.2, 0.25) is 5.95 Å². The first-order valence-electron chi connectivity index (χ1n) is 7.81. The Bertz CT molecular complexity index is 1010. The lowest BCUT2D eigenvalue weighted by molar-refractivity contribution is 0.944. The molecule has 2 aromatic carbocycles. The summed E-state index contributed by atoms with van der Waals surface area (Å²) in [5, 5.41) is 3.89. The number of hydrogen-bond acceptors (Lipinski definition) is 4. The summed E-state index contributed by atoms with van der Waals surface area (Å²) < 4.78 is 0. The molecule has 1 aliphatic heterocycles. The summed E-state index contributed by atoms with van der Waals surface area (Å²) in [6, 6.07) is 17.3. The molecule has 1 unspecified atom stereocenters. The average Bonchev–Trinajstić information content (AvgIpc) is 2.62. The van der Waals surface area contributed by atoms with E-state index in [0.29, 0.717) is 16.4 Å². The lowest BCUT2D eigenvalue weighted by Crippen LogP contribution is -2.25. The van der Waals surface area contributed by atoms with Gasteiger partial charge in [-0.15, -0.1) is 0 Å². The predicted octanol–water partition coefficient (Wildman–Crippen LogP) is 3.60. The molecule has 0 saturated heterocycles. The highest BCUT2D eigenvalue weighted by molar-refractivity contribution is 6.30. The highest BCUT2D eigenvalue weighted by Crippen LogP contribution is 2.36. The SMILES string of the molecule is Nc1nc2c(c(=O)[nH]1)C(c1ccccc1)C=C(c1ccc(Cl)cc1)N2. The Morgan fingerprint density at radius 2 is 1.76 bits per heavy atom. The Balaban J connectivity index is 1.90. The number of rotatable bonds is 2. The highest BCUT2D eigenvalue weighted by atomic mass is 35.5. The molecule has 0 saturated carbocycles. The van der Waals surface area contributed by atoms with Crippen LogP contribution < -0.4 is 16.6 Å². The molecule has 0 amide bonds. The van der Waals surface area contributed by atoms with Gasteiger partial charge in [0.05, 0.1) is 5.56 Å². The van der Waals surface area contributed by atoms with Crippen LogP contribution in [0.3, 0.4) is 0 Å². The maximum absolute atomic E-state index is 12.5. The fraction of sp³-hybridized carbons (Fsp3) is 0.0526. The van der Waals surface area contributed by atoms with E-state index >= 15 is 0 Å². The molecule has 2 heterocycles. The van der Waals surface area contributed by atoms with Gasteiger partial charge in [0.25, 0.3) is 5.56 Å². The van der Waals surface area contributed by atoms with Gasteiger partial charge in [-0.05, 0) is 29.3 Å². The Labute approximate surface area is 149 Å². The maximum Gasteiger partial charge on any atom is 0.258 e. The fourth-order valence-electron chi connectivity index (χ4n) is 3.02. The second-order valence-electron chi connectivity index (χ2n) is 5.81. The van der Waals surface area contributed by atoms with E-state index in [1.165, 1.54) is 0 Å². The molecule has 124 valence electrons. The summed E-state index contributed by atoms with van der Waals surface area (Å²) >= 11 is 5.98. The topological polar surface area (TPSA) is 83.8 Å². The number of H-pyrrole nitrogens is 1. The summed E-state index contributed by atoms with van der Waals surface area (Å²) in [7, 11) is 0. The molecular formula is C19H15ClN4O. The number of anilines is 2. The van der Waals surface area contributed by atoms with E-state index in [-0.39, 0.29) is 17.4 Å². The van der Waals surface area contributed by atoms with Gasteiger partial charge in [0.15, 0.2) is 0 Å². The van der Waals surface area contributed by atoms with Crippen LogP contribution in [0, 0.1) is 0 Å². The van der Waals surface area contributed by atoms with Crippen molar-refractivity contribution in [2.45, 2.75) is 5.92 Å². The van der Waals surface area contributed by atoms with Gasteiger partial charge in [-0.1, -0.05) is 54.1 Å². The molecule has 1 aromatic heterocycles. The van der Waals surface area contributed by atoms with Crippen LogP contribution in [-0.4, -0.2) is 9.97 Å². The number of allylic oxidation sites excluding steroid dienone is 1. The van der Waals surface area contributed by atoms with Gasteiger partial charge in [0, 0.05) is 16.6 Å². The van der Waals surface area contributed by atoms with E-state index in [9.17, 15) is 4.79 Å².